The van der Waals surface area contributed by atoms with Gasteiger partial charge in [0.05, 0.1) is 27.8 Å². The van der Waals surface area contributed by atoms with Crippen LogP contribution in [-0.2, 0) is 0 Å². The predicted molar refractivity (Wildman–Crippen MR) is 121 cm³/mol. The van der Waals surface area contributed by atoms with Crippen molar-refractivity contribution in [2.24, 2.45) is 0 Å². The second-order valence-electron chi connectivity index (χ2n) is 9.15. The first-order valence-electron chi connectivity index (χ1n) is 11.9. The van der Waals surface area contributed by atoms with Crippen molar-refractivity contribution >= 4 is 0 Å². The van der Waals surface area contributed by atoms with Crippen LogP contribution >= 0.6 is 0 Å². The number of aromatic nitrogens is 3. The molecule has 0 amide bonds. The van der Waals surface area contributed by atoms with Crippen molar-refractivity contribution in [2.45, 2.75) is 0 Å². The Kier molecular flexibility index (Phi) is 8.48. The largest absolute Gasteiger partial charge is 0.208 e. The summed E-state index contributed by atoms with van der Waals surface area (Å²) in [7, 11) is 0. The molecule has 256 valence electrons. The lowest BCUT2D eigenvalue weighted by molar-refractivity contribution is 0.379. The van der Waals surface area contributed by atoms with Crippen molar-refractivity contribution in [1.82, 2.24) is 15.0 Å². The first kappa shape index (κ1) is 34.9. The van der Waals surface area contributed by atoms with E-state index in [0.717, 1.165) is 0 Å². The third kappa shape index (κ3) is 4.98. The summed E-state index contributed by atoms with van der Waals surface area (Å²) in [6.07, 6.45) is 0. The minimum absolute atomic E-state index is 2.15. The minimum Gasteiger partial charge on any atom is -0.208 e. The Bertz CT molecular complexity index is 2080. The normalized spacial score (nSPS) is 11.6. The molecule has 0 aliphatic carbocycles. The molecule has 0 aliphatic rings. The summed E-state index contributed by atoms with van der Waals surface area (Å²) in [4.78, 5) is 8.52. The Morgan fingerprint density at radius 3 is 0.490 bits per heavy atom. The third-order valence-corrected chi connectivity index (χ3v) is 6.45. The van der Waals surface area contributed by atoms with Crippen LogP contribution < -0.4 is 0 Å². The molecule has 3 nitrogen and oxygen atoms in total. The fourth-order valence-corrected chi connectivity index (χ4v) is 4.19. The standard InChI is InChI=1S/C27F19N3/c28-6-1(2-8(30)16(38)22(44)17(39)9(2)31)7(29)11(33)3(10(6)32)25-47-26(4-12(34)18(40)23(45)19(41)13(4)35)49-27(48-25)5-14(36)20(42)24(46)21(43)15(5)37. The number of hydrogen-bond donors (Lipinski definition) is 0. The summed E-state index contributed by atoms with van der Waals surface area (Å²) in [5, 5.41) is 0. The summed E-state index contributed by atoms with van der Waals surface area (Å²) in [6.45, 7) is 0. The summed E-state index contributed by atoms with van der Waals surface area (Å²) in [6, 6.07) is 0. The molecule has 0 saturated heterocycles. The molecule has 0 radical (unpaired) electrons. The Morgan fingerprint density at radius 2 is 0.286 bits per heavy atom. The quantitative estimate of drug-likeness (QED) is 0.105. The molecule has 5 rings (SSSR count). The van der Waals surface area contributed by atoms with Crippen molar-refractivity contribution in [3.8, 4) is 45.3 Å². The van der Waals surface area contributed by atoms with Gasteiger partial charge in [-0.15, -0.1) is 0 Å². The van der Waals surface area contributed by atoms with Crippen LogP contribution in [0.5, 0.6) is 0 Å². The highest BCUT2D eigenvalue weighted by Gasteiger charge is 2.37. The fourth-order valence-electron chi connectivity index (χ4n) is 4.19. The van der Waals surface area contributed by atoms with E-state index in [4.69, 9.17) is 0 Å². The van der Waals surface area contributed by atoms with Gasteiger partial charge < -0.3 is 0 Å². The Labute approximate surface area is 254 Å². The van der Waals surface area contributed by atoms with Crippen LogP contribution in [0.3, 0.4) is 0 Å². The van der Waals surface area contributed by atoms with Crippen LogP contribution in [0.15, 0.2) is 0 Å². The van der Waals surface area contributed by atoms with Gasteiger partial charge in [-0.05, 0) is 0 Å². The lowest BCUT2D eigenvalue weighted by Gasteiger charge is -2.15. The average molecular weight is 727 g/mol. The zero-order valence-electron chi connectivity index (χ0n) is 22.0. The van der Waals surface area contributed by atoms with Crippen LogP contribution in [0.1, 0.15) is 0 Å². The Morgan fingerprint density at radius 1 is 0.163 bits per heavy atom. The predicted octanol–water partition coefficient (Wildman–Crippen LogP) is 9.18. The molecule has 0 aliphatic heterocycles. The second-order valence-corrected chi connectivity index (χ2v) is 9.15. The van der Waals surface area contributed by atoms with Gasteiger partial charge in [0, 0.05) is 0 Å². The molecule has 0 atom stereocenters. The van der Waals surface area contributed by atoms with Crippen molar-refractivity contribution in [1.29, 1.82) is 0 Å². The molecule has 1 aromatic heterocycles. The highest BCUT2D eigenvalue weighted by molar-refractivity contribution is 5.74. The molecule has 0 unspecified atom stereocenters. The van der Waals surface area contributed by atoms with E-state index >= 15 is 17.6 Å². The molecule has 1 heterocycles. The molecular formula is C27F19N3. The number of halogens is 19. The van der Waals surface area contributed by atoms with Crippen LogP contribution in [0.4, 0.5) is 83.4 Å². The van der Waals surface area contributed by atoms with Crippen molar-refractivity contribution in [3.63, 3.8) is 0 Å². The van der Waals surface area contributed by atoms with Gasteiger partial charge in [0.15, 0.2) is 111 Å². The van der Waals surface area contributed by atoms with Gasteiger partial charge in [-0.2, -0.15) is 0 Å². The van der Waals surface area contributed by atoms with E-state index in [2.05, 4.69) is 15.0 Å². The SMILES string of the molecule is Fc1c(F)c(F)c(-c2nc(-c3c(F)c(F)c(F)c(F)c3F)nc(-c3c(F)c(F)c(-c4c(F)c(F)c(F)c(F)c4F)c(F)c3F)n2)c(F)c1F. The molecule has 0 saturated carbocycles. The highest BCUT2D eigenvalue weighted by Crippen LogP contribution is 2.41. The van der Waals surface area contributed by atoms with Crippen molar-refractivity contribution < 1.29 is 83.4 Å². The maximum atomic E-state index is 15.3. The van der Waals surface area contributed by atoms with E-state index in [9.17, 15) is 65.9 Å². The first-order valence-corrected chi connectivity index (χ1v) is 11.9. The van der Waals surface area contributed by atoms with Crippen LogP contribution in [0.25, 0.3) is 45.3 Å². The van der Waals surface area contributed by atoms with Crippen LogP contribution in [0.2, 0.25) is 0 Å². The zero-order valence-corrected chi connectivity index (χ0v) is 22.0. The molecule has 0 N–H and O–H groups in total. The lowest BCUT2D eigenvalue weighted by atomic mass is 9.98. The first-order chi connectivity index (χ1) is 22.8. The monoisotopic (exact) mass is 727 g/mol. The maximum Gasteiger partial charge on any atom is 0.200 e. The smallest absolute Gasteiger partial charge is 0.200 e. The number of rotatable bonds is 4. The van der Waals surface area contributed by atoms with E-state index in [0.29, 0.717) is 0 Å². The number of nitrogens with zero attached hydrogens (tertiary/aromatic N) is 3. The molecule has 22 heteroatoms. The molecule has 5 aromatic rings. The Balaban J connectivity index is 1.94. The van der Waals surface area contributed by atoms with Gasteiger partial charge in [-0.25, -0.2) is 98.4 Å². The molecule has 0 fully saturated rings. The van der Waals surface area contributed by atoms with Crippen LogP contribution in [-0.4, -0.2) is 15.0 Å². The van der Waals surface area contributed by atoms with E-state index in [1.54, 1.807) is 0 Å². The van der Waals surface area contributed by atoms with Crippen molar-refractivity contribution in [3.05, 3.63) is 111 Å². The lowest BCUT2D eigenvalue weighted by Crippen LogP contribution is -2.13. The van der Waals surface area contributed by atoms with Gasteiger partial charge in [0.1, 0.15) is 0 Å². The van der Waals surface area contributed by atoms with Crippen molar-refractivity contribution in [2.75, 3.05) is 0 Å². The molecule has 4 aromatic carbocycles. The zero-order chi connectivity index (χ0) is 36.7. The topological polar surface area (TPSA) is 38.7 Å². The average Bonchev–Trinajstić information content (AvgIpc) is 3.07. The summed E-state index contributed by atoms with van der Waals surface area (Å²) in [5.41, 5.74) is -12.5. The fraction of sp³-hybridized carbons (Fsp3) is 0. The van der Waals surface area contributed by atoms with Gasteiger partial charge in [-0.3, -0.25) is 0 Å². The minimum atomic E-state index is -3.06. The van der Waals surface area contributed by atoms with E-state index in [-0.39, 0.29) is 0 Å². The van der Waals surface area contributed by atoms with Crippen LogP contribution in [0, 0.1) is 111 Å². The Hall–Kier alpha value is -5.44. The van der Waals surface area contributed by atoms with Gasteiger partial charge in [0.2, 0.25) is 17.5 Å². The van der Waals surface area contributed by atoms with Gasteiger partial charge in [-0.1, -0.05) is 0 Å². The maximum absolute atomic E-state index is 15.3. The van der Waals surface area contributed by atoms with E-state index in [1.165, 1.54) is 0 Å². The molecular weight excluding hydrogens is 727 g/mol. The number of hydrogen-bond acceptors (Lipinski definition) is 3. The van der Waals surface area contributed by atoms with E-state index < -0.39 is 156 Å². The summed E-state index contributed by atoms with van der Waals surface area (Å²) >= 11 is 0. The molecule has 49 heavy (non-hydrogen) atoms. The van der Waals surface area contributed by atoms with Gasteiger partial charge >= 0.3 is 0 Å². The van der Waals surface area contributed by atoms with E-state index in [1.807, 2.05) is 0 Å². The third-order valence-electron chi connectivity index (χ3n) is 6.45. The summed E-state index contributed by atoms with van der Waals surface area (Å²) in [5.74, 6) is -62.1. The second kappa shape index (κ2) is 11.9. The summed E-state index contributed by atoms with van der Waals surface area (Å²) < 4.78 is 272. The van der Waals surface area contributed by atoms with Gasteiger partial charge in [0.25, 0.3) is 0 Å². The molecule has 0 spiro atoms. The molecule has 0 bridgehead atoms. The number of benzene rings is 4. The highest BCUT2D eigenvalue weighted by atomic mass is 19.2.